The largest absolute Gasteiger partial charge is 0.330 e. The second-order valence-electron chi connectivity index (χ2n) is 5.34. The van der Waals surface area contributed by atoms with Crippen molar-refractivity contribution in [2.75, 3.05) is 25.0 Å². The van der Waals surface area contributed by atoms with Gasteiger partial charge in [0.05, 0.1) is 5.56 Å². The molecule has 1 aromatic heterocycles. The Hall–Kier alpha value is -1.42. The van der Waals surface area contributed by atoms with Crippen LogP contribution in [0.3, 0.4) is 0 Å². The number of amides is 1. The van der Waals surface area contributed by atoms with Crippen molar-refractivity contribution in [2.45, 2.75) is 38.1 Å². The molecule has 3 N–H and O–H groups in total. The standard InChI is InChI=1S/C15H22N4OS/c16-7-4-13-3-1-2-8-19(13)9-5-14(20)18-15-12(11-17)6-10-21-15/h6,10,13H,1-5,7-9,16H2,(H,18,20). The first kappa shape index (κ1) is 16.0. The van der Waals surface area contributed by atoms with Crippen LogP contribution in [0.2, 0.25) is 0 Å². The van der Waals surface area contributed by atoms with Crippen molar-refractivity contribution in [2.24, 2.45) is 5.73 Å². The molecule has 0 bridgehead atoms. The van der Waals surface area contributed by atoms with Crippen LogP contribution in [0, 0.1) is 11.3 Å². The lowest BCUT2D eigenvalue weighted by molar-refractivity contribution is -0.116. The lowest BCUT2D eigenvalue weighted by atomic mass is 9.99. The summed E-state index contributed by atoms with van der Waals surface area (Å²) in [4.78, 5) is 14.4. The quantitative estimate of drug-likeness (QED) is 0.843. The summed E-state index contributed by atoms with van der Waals surface area (Å²) in [6, 6.07) is 4.33. The van der Waals surface area contributed by atoms with Crippen LogP contribution in [-0.4, -0.2) is 36.5 Å². The number of rotatable bonds is 6. The third-order valence-corrected chi connectivity index (χ3v) is 4.74. The Morgan fingerprint density at radius 2 is 2.43 bits per heavy atom. The number of anilines is 1. The van der Waals surface area contributed by atoms with E-state index in [0.717, 1.165) is 19.5 Å². The molecular weight excluding hydrogens is 284 g/mol. The number of nitrogens with one attached hydrogen (secondary N) is 1. The highest BCUT2D eigenvalue weighted by Gasteiger charge is 2.22. The zero-order valence-corrected chi connectivity index (χ0v) is 13.0. The van der Waals surface area contributed by atoms with E-state index in [1.54, 1.807) is 6.07 Å². The fraction of sp³-hybridized carbons (Fsp3) is 0.600. The van der Waals surface area contributed by atoms with Gasteiger partial charge in [-0.1, -0.05) is 6.42 Å². The summed E-state index contributed by atoms with van der Waals surface area (Å²) < 4.78 is 0. The number of hydrogen-bond acceptors (Lipinski definition) is 5. The fourth-order valence-electron chi connectivity index (χ4n) is 2.80. The monoisotopic (exact) mass is 306 g/mol. The highest BCUT2D eigenvalue weighted by Crippen LogP contribution is 2.23. The smallest absolute Gasteiger partial charge is 0.226 e. The number of nitrogens with two attached hydrogens (primary N) is 1. The van der Waals surface area contributed by atoms with E-state index in [4.69, 9.17) is 11.0 Å². The van der Waals surface area contributed by atoms with E-state index < -0.39 is 0 Å². The second kappa shape index (κ2) is 8.13. The predicted molar refractivity (Wildman–Crippen MR) is 85.2 cm³/mol. The van der Waals surface area contributed by atoms with Gasteiger partial charge in [-0.3, -0.25) is 9.69 Å². The minimum absolute atomic E-state index is 0.0222. The molecular formula is C15H22N4OS. The molecule has 0 spiro atoms. The van der Waals surface area contributed by atoms with Gasteiger partial charge in [-0.2, -0.15) is 5.26 Å². The second-order valence-corrected chi connectivity index (χ2v) is 6.25. The van der Waals surface area contributed by atoms with Crippen molar-refractivity contribution in [1.29, 1.82) is 5.26 Å². The van der Waals surface area contributed by atoms with E-state index in [2.05, 4.69) is 16.3 Å². The summed E-state index contributed by atoms with van der Waals surface area (Å²) >= 11 is 1.39. The van der Waals surface area contributed by atoms with Crippen LogP contribution in [-0.2, 0) is 4.79 Å². The normalized spacial score (nSPS) is 19.1. The lowest BCUT2D eigenvalue weighted by Crippen LogP contribution is -2.42. The number of carbonyl (C=O) groups excluding carboxylic acids is 1. The molecule has 114 valence electrons. The van der Waals surface area contributed by atoms with Gasteiger partial charge in [0.15, 0.2) is 0 Å². The summed E-state index contributed by atoms with van der Waals surface area (Å²) in [5.41, 5.74) is 6.20. The summed E-state index contributed by atoms with van der Waals surface area (Å²) in [5.74, 6) is -0.0222. The number of hydrogen-bond donors (Lipinski definition) is 2. The summed E-state index contributed by atoms with van der Waals surface area (Å²) in [6.45, 7) is 2.53. The topological polar surface area (TPSA) is 82.2 Å². The maximum absolute atomic E-state index is 12.0. The molecule has 0 aliphatic carbocycles. The molecule has 1 aliphatic heterocycles. The average molecular weight is 306 g/mol. The molecule has 21 heavy (non-hydrogen) atoms. The number of thiophene rings is 1. The van der Waals surface area contributed by atoms with E-state index in [1.165, 1.54) is 30.6 Å². The first-order valence-electron chi connectivity index (χ1n) is 7.46. The Morgan fingerprint density at radius 1 is 1.57 bits per heavy atom. The van der Waals surface area contributed by atoms with Gasteiger partial charge in [0.1, 0.15) is 11.1 Å². The van der Waals surface area contributed by atoms with Crippen molar-refractivity contribution in [3.05, 3.63) is 17.0 Å². The van der Waals surface area contributed by atoms with Crippen molar-refractivity contribution in [3.63, 3.8) is 0 Å². The van der Waals surface area contributed by atoms with Gasteiger partial charge in [0.2, 0.25) is 5.91 Å². The van der Waals surface area contributed by atoms with Crippen LogP contribution in [0.1, 0.15) is 37.7 Å². The third-order valence-electron chi connectivity index (χ3n) is 3.91. The first-order valence-corrected chi connectivity index (χ1v) is 8.34. The zero-order valence-electron chi connectivity index (χ0n) is 12.2. The van der Waals surface area contributed by atoms with E-state index in [1.807, 2.05) is 5.38 Å². The number of nitriles is 1. The molecule has 0 saturated carbocycles. The maximum Gasteiger partial charge on any atom is 0.226 e. The molecule has 5 nitrogen and oxygen atoms in total. The van der Waals surface area contributed by atoms with Gasteiger partial charge >= 0.3 is 0 Å². The summed E-state index contributed by atoms with van der Waals surface area (Å²) in [6.07, 6.45) is 5.11. The van der Waals surface area contributed by atoms with Gasteiger partial charge in [-0.05, 0) is 43.8 Å². The molecule has 2 rings (SSSR count). The van der Waals surface area contributed by atoms with Crippen molar-refractivity contribution >= 4 is 22.2 Å². The number of likely N-dealkylation sites (tertiary alicyclic amines) is 1. The zero-order chi connectivity index (χ0) is 15.1. The molecule has 1 amide bonds. The Kier molecular flexibility index (Phi) is 6.18. The van der Waals surface area contributed by atoms with Crippen LogP contribution in [0.4, 0.5) is 5.00 Å². The molecule has 1 unspecified atom stereocenters. The van der Waals surface area contributed by atoms with Crippen LogP contribution in [0.5, 0.6) is 0 Å². The Bertz CT molecular complexity index is 506. The molecule has 6 heteroatoms. The predicted octanol–water partition coefficient (Wildman–Crippen LogP) is 2.15. The lowest BCUT2D eigenvalue weighted by Gasteiger charge is -2.35. The maximum atomic E-state index is 12.0. The number of piperidine rings is 1. The highest BCUT2D eigenvalue weighted by atomic mass is 32.1. The van der Waals surface area contributed by atoms with Crippen LogP contribution in [0.25, 0.3) is 0 Å². The van der Waals surface area contributed by atoms with Crippen LogP contribution < -0.4 is 11.1 Å². The third kappa shape index (κ3) is 4.53. The molecule has 1 aromatic rings. The van der Waals surface area contributed by atoms with Crippen LogP contribution >= 0.6 is 11.3 Å². The average Bonchev–Trinajstić information content (AvgIpc) is 2.94. The van der Waals surface area contributed by atoms with E-state index >= 15 is 0 Å². The van der Waals surface area contributed by atoms with Gasteiger partial charge < -0.3 is 11.1 Å². The van der Waals surface area contributed by atoms with Gasteiger partial charge in [-0.25, -0.2) is 0 Å². The Labute approximate surface area is 129 Å². The molecule has 1 fully saturated rings. The molecule has 0 aromatic carbocycles. The Morgan fingerprint density at radius 3 is 3.19 bits per heavy atom. The van der Waals surface area contributed by atoms with E-state index in [-0.39, 0.29) is 5.91 Å². The molecule has 2 heterocycles. The Balaban J connectivity index is 1.81. The van der Waals surface area contributed by atoms with Crippen molar-refractivity contribution in [3.8, 4) is 6.07 Å². The van der Waals surface area contributed by atoms with Crippen molar-refractivity contribution in [1.82, 2.24) is 4.90 Å². The SMILES string of the molecule is N#Cc1ccsc1NC(=O)CCN1CCCCC1CCN. The molecule has 1 saturated heterocycles. The minimum Gasteiger partial charge on any atom is -0.330 e. The molecule has 1 aliphatic rings. The van der Waals surface area contributed by atoms with E-state index in [9.17, 15) is 4.79 Å². The number of carbonyl (C=O) groups is 1. The van der Waals surface area contributed by atoms with E-state index in [0.29, 0.717) is 29.6 Å². The highest BCUT2D eigenvalue weighted by molar-refractivity contribution is 7.14. The van der Waals surface area contributed by atoms with Crippen molar-refractivity contribution < 1.29 is 4.79 Å². The molecule has 1 atom stereocenters. The summed E-state index contributed by atoms with van der Waals surface area (Å²) in [5, 5.41) is 14.2. The molecule has 0 radical (unpaired) electrons. The van der Waals surface area contributed by atoms with Gasteiger partial charge in [0.25, 0.3) is 0 Å². The van der Waals surface area contributed by atoms with Crippen LogP contribution in [0.15, 0.2) is 11.4 Å². The minimum atomic E-state index is -0.0222. The van der Waals surface area contributed by atoms with Gasteiger partial charge in [-0.15, -0.1) is 11.3 Å². The first-order chi connectivity index (χ1) is 10.2. The fourth-order valence-corrected chi connectivity index (χ4v) is 3.56. The summed E-state index contributed by atoms with van der Waals surface area (Å²) in [7, 11) is 0. The van der Waals surface area contributed by atoms with Gasteiger partial charge in [0, 0.05) is 19.0 Å². The number of nitrogens with zero attached hydrogens (tertiary/aromatic N) is 2.